The first-order chi connectivity index (χ1) is 11.1. The van der Waals surface area contributed by atoms with Crippen molar-refractivity contribution in [2.45, 2.75) is 18.9 Å². The van der Waals surface area contributed by atoms with E-state index in [0.29, 0.717) is 0 Å². The summed E-state index contributed by atoms with van der Waals surface area (Å²) < 4.78 is 0. The lowest BCUT2D eigenvalue weighted by molar-refractivity contribution is -0.115. The summed E-state index contributed by atoms with van der Waals surface area (Å²) in [6.45, 7) is 1.48. The Morgan fingerprint density at radius 3 is 2.26 bits per heavy atom. The molecule has 0 heterocycles. The van der Waals surface area contributed by atoms with Crippen LogP contribution in [0, 0.1) is 0 Å². The molecule has 2 N–H and O–H groups in total. The number of carbonyl (C=O) groups is 2. The molecule has 0 saturated carbocycles. The van der Waals surface area contributed by atoms with Crippen LogP contribution in [0.4, 0.5) is 11.4 Å². The first-order valence-electron chi connectivity index (χ1n) is 7.54. The number of amides is 1. The van der Waals surface area contributed by atoms with Crippen LogP contribution in [0.5, 0.6) is 0 Å². The highest BCUT2D eigenvalue weighted by molar-refractivity contribution is 5.99. The van der Waals surface area contributed by atoms with Gasteiger partial charge in [-0.25, -0.2) is 0 Å². The summed E-state index contributed by atoms with van der Waals surface area (Å²) in [7, 11) is 0. The molecular formula is C19H18N2O2. The highest BCUT2D eigenvalue weighted by atomic mass is 16.1. The van der Waals surface area contributed by atoms with Crippen molar-refractivity contribution in [1.82, 2.24) is 0 Å². The molecule has 0 fully saturated rings. The Hall–Kier alpha value is -2.88. The Morgan fingerprint density at radius 1 is 0.957 bits per heavy atom. The minimum Gasteiger partial charge on any atom is -0.378 e. The first kappa shape index (κ1) is 15.0. The Bertz CT molecular complexity index is 736. The highest BCUT2D eigenvalue weighted by Gasteiger charge is 2.31. The number of rotatable bonds is 4. The van der Waals surface area contributed by atoms with Crippen LogP contribution in [-0.4, -0.2) is 17.7 Å². The first-order valence-corrected chi connectivity index (χ1v) is 7.54. The molecule has 2 aromatic rings. The molecule has 0 spiro atoms. The minimum absolute atomic E-state index is 0.0727. The molecule has 0 radical (unpaired) electrons. The fourth-order valence-corrected chi connectivity index (χ4v) is 2.80. The minimum atomic E-state index is -0.203. The number of ketones is 1. The van der Waals surface area contributed by atoms with E-state index in [1.165, 1.54) is 6.92 Å². The van der Waals surface area contributed by atoms with Crippen LogP contribution in [0.25, 0.3) is 0 Å². The van der Waals surface area contributed by atoms with Crippen molar-refractivity contribution in [2.24, 2.45) is 0 Å². The lowest BCUT2D eigenvalue weighted by Gasteiger charge is -2.21. The molecular weight excluding hydrogens is 288 g/mol. The zero-order valence-electron chi connectivity index (χ0n) is 12.8. The third kappa shape index (κ3) is 3.48. The summed E-state index contributed by atoms with van der Waals surface area (Å²) in [6, 6.07) is 17.2. The maximum Gasteiger partial charge on any atom is 0.221 e. The predicted octanol–water partition coefficient (Wildman–Crippen LogP) is 3.35. The van der Waals surface area contributed by atoms with E-state index in [1.54, 1.807) is 6.08 Å². The van der Waals surface area contributed by atoms with E-state index in [-0.39, 0.29) is 23.7 Å². The van der Waals surface area contributed by atoms with Crippen LogP contribution >= 0.6 is 0 Å². The van der Waals surface area contributed by atoms with Gasteiger partial charge < -0.3 is 10.6 Å². The summed E-state index contributed by atoms with van der Waals surface area (Å²) in [5.74, 6) is -0.186. The van der Waals surface area contributed by atoms with Crippen LogP contribution in [0.1, 0.15) is 18.4 Å². The monoisotopic (exact) mass is 306 g/mol. The van der Waals surface area contributed by atoms with Crippen molar-refractivity contribution < 1.29 is 9.59 Å². The third-order valence-corrected chi connectivity index (χ3v) is 3.83. The van der Waals surface area contributed by atoms with Gasteiger partial charge in [0.2, 0.25) is 5.91 Å². The third-order valence-electron chi connectivity index (χ3n) is 3.83. The molecule has 2 atom stereocenters. The molecule has 4 nitrogen and oxygen atoms in total. The molecule has 0 aliphatic heterocycles. The zero-order chi connectivity index (χ0) is 16.2. The molecule has 3 rings (SSSR count). The molecule has 116 valence electrons. The van der Waals surface area contributed by atoms with E-state index in [4.69, 9.17) is 0 Å². The summed E-state index contributed by atoms with van der Waals surface area (Å²) in [4.78, 5) is 23.2. The standard InChI is InChI=1S/C19H18N2O2/c1-13(22)20-15-7-9-16(10-8-15)21-17-11-12-18(23)19(17)14-5-3-2-4-6-14/h2-12,17,19,21H,1H3,(H,20,22)/t17-,19+/m0/s1. The maximum atomic E-state index is 12.2. The smallest absolute Gasteiger partial charge is 0.221 e. The van der Waals surface area contributed by atoms with Gasteiger partial charge >= 0.3 is 0 Å². The normalized spacial score (nSPS) is 19.6. The average Bonchev–Trinajstić information content (AvgIpc) is 2.90. The summed E-state index contributed by atoms with van der Waals surface area (Å²) in [6.07, 6.45) is 3.54. The van der Waals surface area contributed by atoms with Crippen LogP contribution < -0.4 is 10.6 Å². The average molecular weight is 306 g/mol. The molecule has 1 aliphatic rings. The molecule has 0 saturated heterocycles. The van der Waals surface area contributed by atoms with E-state index < -0.39 is 0 Å². The maximum absolute atomic E-state index is 12.2. The van der Waals surface area contributed by atoms with Crippen molar-refractivity contribution in [3.05, 3.63) is 72.3 Å². The van der Waals surface area contributed by atoms with E-state index in [9.17, 15) is 9.59 Å². The molecule has 0 bridgehead atoms. The Kier molecular flexibility index (Phi) is 4.24. The van der Waals surface area contributed by atoms with Gasteiger partial charge in [0.1, 0.15) is 0 Å². The van der Waals surface area contributed by atoms with Crippen LogP contribution in [0.15, 0.2) is 66.7 Å². The SMILES string of the molecule is CC(=O)Nc1ccc(N[C@H]2C=CC(=O)[C@@H]2c2ccccc2)cc1. The quantitative estimate of drug-likeness (QED) is 0.910. The Labute approximate surface area is 135 Å². The lowest BCUT2D eigenvalue weighted by Crippen LogP contribution is -2.26. The van der Waals surface area contributed by atoms with Crippen LogP contribution in [0.3, 0.4) is 0 Å². The molecule has 4 heteroatoms. The fourth-order valence-electron chi connectivity index (χ4n) is 2.80. The van der Waals surface area contributed by atoms with E-state index in [2.05, 4.69) is 10.6 Å². The molecule has 1 amide bonds. The number of allylic oxidation sites excluding steroid dienone is 1. The van der Waals surface area contributed by atoms with Gasteiger partial charge in [-0.1, -0.05) is 36.4 Å². The number of hydrogen-bond donors (Lipinski definition) is 2. The summed E-state index contributed by atoms with van der Waals surface area (Å²) in [5.41, 5.74) is 2.67. The number of carbonyl (C=O) groups excluding carboxylic acids is 2. The molecule has 2 aromatic carbocycles. The molecule has 0 aromatic heterocycles. The largest absolute Gasteiger partial charge is 0.378 e. The van der Waals surface area contributed by atoms with Crippen LogP contribution in [-0.2, 0) is 9.59 Å². The van der Waals surface area contributed by atoms with E-state index in [1.807, 2.05) is 60.7 Å². The van der Waals surface area contributed by atoms with E-state index >= 15 is 0 Å². The van der Waals surface area contributed by atoms with E-state index in [0.717, 1.165) is 16.9 Å². The number of benzene rings is 2. The predicted molar refractivity (Wildman–Crippen MR) is 91.5 cm³/mol. The van der Waals surface area contributed by atoms with Gasteiger partial charge in [0, 0.05) is 18.3 Å². The Balaban J connectivity index is 1.75. The summed E-state index contributed by atoms with van der Waals surface area (Å²) >= 11 is 0. The van der Waals surface area contributed by atoms with Gasteiger partial charge in [-0.05, 0) is 35.9 Å². The fraction of sp³-hybridized carbons (Fsp3) is 0.158. The van der Waals surface area contributed by atoms with Crippen molar-refractivity contribution in [3.63, 3.8) is 0 Å². The Morgan fingerprint density at radius 2 is 1.61 bits per heavy atom. The van der Waals surface area contributed by atoms with Crippen LogP contribution in [0.2, 0.25) is 0 Å². The topological polar surface area (TPSA) is 58.2 Å². The second-order valence-corrected chi connectivity index (χ2v) is 5.58. The van der Waals surface area contributed by atoms with Gasteiger partial charge in [0.25, 0.3) is 0 Å². The second kappa shape index (κ2) is 6.48. The molecule has 1 aliphatic carbocycles. The van der Waals surface area contributed by atoms with Crippen molar-refractivity contribution in [1.29, 1.82) is 0 Å². The number of anilines is 2. The van der Waals surface area contributed by atoms with Crippen molar-refractivity contribution in [2.75, 3.05) is 10.6 Å². The number of hydrogen-bond acceptors (Lipinski definition) is 3. The van der Waals surface area contributed by atoms with Gasteiger partial charge in [0.05, 0.1) is 12.0 Å². The van der Waals surface area contributed by atoms with Gasteiger partial charge in [-0.3, -0.25) is 9.59 Å². The van der Waals surface area contributed by atoms with Gasteiger partial charge in [-0.15, -0.1) is 0 Å². The van der Waals surface area contributed by atoms with Gasteiger partial charge in [-0.2, -0.15) is 0 Å². The lowest BCUT2D eigenvalue weighted by atomic mass is 9.92. The highest BCUT2D eigenvalue weighted by Crippen LogP contribution is 2.29. The molecule has 23 heavy (non-hydrogen) atoms. The molecule has 0 unspecified atom stereocenters. The second-order valence-electron chi connectivity index (χ2n) is 5.58. The van der Waals surface area contributed by atoms with Gasteiger partial charge in [0.15, 0.2) is 5.78 Å². The van der Waals surface area contributed by atoms with Crippen molar-refractivity contribution in [3.8, 4) is 0 Å². The number of nitrogens with one attached hydrogen (secondary N) is 2. The van der Waals surface area contributed by atoms with Crippen molar-refractivity contribution >= 4 is 23.1 Å². The zero-order valence-corrected chi connectivity index (χ0v) is 12.8. The summed E-state index contributed by atoms with van der Waals surface area (Å²) in [5, 5.41) is 6.11.